The van der Waals surface area contributed by atoms with Crippen LogP contribution in [-0.4, -0.2) is 12.2 Å². The number of hydrogen-bond acceptors (Lipinski definition) is 3. The molecular formula is C14H19NO2. The Labute approximate surface area is 103 Å². The van der Waals surface area contributed by atoms with Gasteiger partial charge in [-0.05, 0) is 26.8 Å². The minimum Gasteiger partial charge on any atom is -0.481 e. The van der Waals surface area contributed by atoms with Crippen LogP contribution < -0.4 is 10.2 Å². The van der Waals surface area contributed by atoms with Crippen molar-refractivity contribution in [1.29, 1.82) is 0 Å². The normalized spacial score (nSPS) is 10.9. The molecule has 0 unspecified atom stereocenters. The predicted octanol–water partition coefficient (Wildman–Crippen LogP) is 2.52. The molecule has 92 valence electrons. The molecule has 0 radical (unpaired) electrons. The van der Waals surface area contributed by atoms with Gasteiger partial charge in [0, 0.05) is 12.1 Å². The molecule has 0 heterocycles. The van der Waals surface area contributed by atoms with Crippen LogP contribution in [-0.2, 0) is 11.4 Å². The van der Waals surface area contributed by atoms with Gasteiger partial charge in [0.1, 0.15) is 12.4 Å². The van der Waals surface area contributed by atoms with Gasteiger partial charge in [-0.3, -0.25) is 4.84 Å². The van der Waals surface area contributed by atoms with Crippen LogP contribution in [0.25, 0.3) is 0 Å². The first-order valence-electron chi connectivity index (χ1n) is 5.58. The van der Waals surface area contributed by atoms with Crippen molar-refractivity contribution in [2.75, 3.05) is 6.61 Å². The highest BCUT2D eigenvalue weighted by Gasteiger charge is 2.10. The molecule has 0 amide bonds. The Morgan fingerprint density at radius 3 is 2.65 bits per heavy atom. The van der Waals surface area contributed by atoms with Gasteiger partial charge in [-0.15, -0.1) is 6.42 Å². The summed E-state index contributed by atoms with van der Waals surface area (Å²) in [6, 6.07) is 7.74. The molecule has 0 atom stereocenters. The molecule has 0 aliphatic heterocycles. The summed E-state index contributed by atoms with van der Waals surface area (Å²) in [5, 5.41) is 0. The first kappa shape index (κ1) is 13.6. The topological polar surface area (TPSA) is 30.5 Å². The van der Waals surface area contributed by atoms with Gasteiger partial charge >= 0.3 is 0 Å². The lowest BCUT2D eigenvalue weighted by molar-refractivity contribution is -0.0759. The van der Waals surface area contributed by atoms with Gasteiger partial charge in [-0.1, -0.05) is 24.1 Å². The van der Waals surface area contributed by atoms with Crippen LogP contribution >= 0.6 is 0 Å². The Bertz CT molecular complexity index is 388. The standard InChI is InChI=1S/C14H19NO2/c1-5-10-16-13-9-7-6-8-12(13)11-15-17-14(2,3)4/h1,6-9,15H,10-11H2,2-4H3. The van der Waals surface area contributed by atoms with Crippen molar-refractivity contribution in [2.45, 2.75) is 32.9 Å². The Morgan fingerprint density at radius 1 is 1.29 bits per heavy atom. The minimum atomic E-state index is -0.214. The first-order chi connectivity index (χ1) is 8.03. The van der Waals surface area contributed by atoms with Gasteiger partial charge in [0.25, 0.3) is 0 Å². The fourth-order valence-corrected chi connectivity index (χ4v) is 1.24. The summed E-state index contributed by atoms with van der Waals surface area (Å²) in [7, 11) is 0. The third kappa shape index (κ3) is 5.39. The molecule has 1 aromatic rings. The van der Waals surface area contributed by atoms with Crippen molar-refractivity contribution in [3.05, 3.63) is 29.8 Å². The Kier molecular flexibility index (Phi) is 5.02. The molecule has 0 aliphatic rings. The van der Waals surface area contributed by atoms with Gasteiger partial charge < -0.3 is 4.74 Å². The fourth-order valence-electron chi connectivity index (χ4n) is 1.24. The van der Waals surface area contributed by atoms with Crippen molar-refractivity contribution < 1.29 is 9.57 Å². The maximum absolute atomic E-state index is 5.45. The van der Waals surface area contributed by atoms with Crippen LogP contribution in [0.15, 0.2) is 24.3 Å². The molecule has 3 nitrogen and oxygen atoms in total. The number of nitrogens with one attached hydrogen (secondary N) is 1. The van der Waals surface area contributed by atoms with E-state index in [1.807, 2.05) is 45.0 Å². The third-order valence-corrected chi connectivity index (χ3v) is 1.92. The summed E-state index contributed by atoms with van der Waals surface area (Å²) < 4.78 is 5.44. The number of ether oxygens (including phenoxy) is 1. The van der Waals surface area contributed by atoms with E-state index in [0.29, 0.717) is 6.54 Å². The molecule has 0 aromatic heterocycles. The van der Waals surface area contributed by atoms with Gasteiger partial charge in [0.2, 0.25) is 0 Å². The third-order valence-electron chi connectivity index (χ3n) is 1.92. The van der Waals surface area contributed by atoms with Gasteiger partial charge in [0.15, 0.2) is 0 Å². The van der Waals surface area contributed by atoms with E-state index in [1.54, 1.807) is 0 Å². The number of hydroxylamine groups is 1. The second-order valence-corrected chi connectivity index (χ2v) is 4.64. The monoisotopic (exact) mass is 233 g/mol. The Hall–Kier alpha value is -1.50. The molecule has 0 bridgehead atoms. The molecular weight excluding hydrogens is 214 g/mol. The van der Waals surface area contributed by atoms with E-state index in [0.717, 1.165) is 11.3 Å². The lowest BCUT2D eigenvalue weighted by Crippen LogP contribution is -2.28. The zero-order chi connectivity index (χ0) is 12.7. The average Bonchev–Trinajstić information content (AvgIpc) is 2.26. The van der Waals surface area contributed by atoms with Crippen LogP contribution in [0.3, 0.4) is 0 Å². The van der Waals surface area contributed by atoms with Crippen LogP contribution in [0.1, 0.15) is 26.3 Å². The number of rotatable bonds is 5. The van der Waals surface area contributed by atoms with Crippen molar-refractivity contribution in [3.63, 3.8) is 0 Å². The quantitative estimate of drug-likeness (QED) is 0.626. The number of benzene rings is 1. The van der Waals surface area contributed by atoms with Crippen LogP contribution in [0, 0.1) is 12.3 Å². The second kappa shape index (κ2) is 6.29. The maximum atomic E-state index is 5.45. The molecule has 0 aliphatic carbocycles. The van der Waals surface area contributed by atoms with Gasteiger partial charge in [0.05, 0.1) is 5.60 Å². The largest absolute Gasteiger partial charge is 0.481 e. The molecule has 0 saturated carbocycles. The molecule has 0 fully saturated rings. The van der Waals surface area contributed by atoms with E-state index in [9.17, 15) is 0 Å². The number of hydrogen-bond donors (Lipinski definition) is 1. The lowest BCUT2D eigenvalue weighted by Gasteiger charge is -2.20. The van der Waals surface area contributed by atoms with E-state index in [-0.39, 0.29) is 12.2 Å². The van der Waals surface area contributed by atoms with E-state index in [1.165, 1.54) is 0 Å². The summed E-state index contributed by atoms with van der Waals surface area (Å²) in [5.41, 5.74) is 3.73. The highest BCUT2D eigenvalue weighted by molar-refractivity contribution is 5.33. The summed E-state index contributed by atoms with van der Waals surface area (Å²) in [6.45, 7) is 6.82. The van der Waals surface area contributed by atoms with E-state index >= 15 is 0 Å². The molecule has 1 aromatic carbocycles. The van der Waals surface area contributed by atoms with Gasteiger partial charge in [-0.2, -0.15) is 5.48 Å². The SMILES string of the molecule is C#CCOc1ccccc1CNOC(C)(C)C. The van der Waals surface area contributed by atoms with Crippen LogP contribution in [0.4, 0.5) is 0 Å². The van der Waals surface area contributed by atoms with Crippen molar-refractivity contribution in [1.82, 2.24) is 5.48 Å². The molecule has 17 heavy (non-hydrogen) atoms. The zero-order valence-electron chi connectivity index (χ0n) is 10.6. The Balaban J connectivity index is 2.55. The van der Waals surface area contributed by atoms with E-state index in [4.69, 9.17) is 16.0 Å². The number of para-hydroxylation sites is 1. The molecule has 3 heteroatoms. The zero-order valence-corrected chi connectivity index (χ0v) is 10.6. The minimum absolute atomic E-state index is 0.214. The summed E-state index contributed by atoms with van der Waals surface area (Å²) >= 11 is 0. The Morgan fingerprint density at radius 2 is 2.00 bits per heavy atom. The lowest BCUT2D eigenvalue weighted by atomic mass is 10.2. The smallest absolute Gasteiger partial charge is 0.148 e. The fraction of sp³-hybridized carbons (Fsp3) is 0.429. The maximum Gasteiger partial charge on any atom is 0.148 e. The molecule has 1 rings (SSSR count). The molecule has 1 N–H and O–H groups in total. The number of terminal acetylenes is 1. The average molecular weight is 233 g/mol. The van der Waals surface area contributed by atoms with Crippen molar-refractivity contribution in [2.24, 2.45) is 0 Å². The van der Waals surface area contributed by atoms with Crippen LogP contribution in [0.2, 0.25) is 0 Å². The highest BCUT2D eigenvalue weighted by Crippen LogP contribution is 2.17. The molecule has 0 saturated heterocycles. The summed E-state index contributed by atoms with van der Waals surface area (Å²) in [6.07, 6.45) is 5.17. The van der Waals surface area contributed by atoms with Crippen molar-refractivity contribution >= 4 is 0 Å². The van der Waals surface area contributed by atoms with E-state index in [2.05, 4.69) is 11.4 Å². The second-order valence-electron chi connectivity index (χ2n) is 4.64. The highest BCUT2D eigenvalue weighted by atomic mass is 16.7. The summed E-state index contributed by atoms with van der Waals surface area (Å²) in [5.74, 6) is 3.24. The molecule has 0 spiro atoms. The first-order valence-corrected chi connectivity index (χ1v) is 5.58. The van der Waals surface area contributed by atoms with Crippen molar-refractivity contribution in [3.8, 4) is 18.1 Å². The van der Waals surface area contributed by atoms with Crippen LogP contribution in [0.5, 0.6) is 5.75 Å². The van der Waals surface area contributed by atoms with E-state index < -0.39 is 0 Å². The summed E-state index contributed by atoms with van der Waals surface area (Å²) in [4.78, 5) is 5.45. The predicted molar refractivity (Wildman–Crippen MR) is 68.4 cm³/mol. The van der Waals surface area contributed by atoms with Gasteiger partial charge in [-0.25, -0.2) is 0 Å².